The van der Waals surface area contributed by atoms with E-state index < -0.39 is 0 Å². The molecule has 0 saturated carbocycles. The number of fused-ring (bicyclic) bond motifs is 1. The lowest BCUT2D eigenvalue weighted by atomic mass is 9.92. The predicted molar refractivity (Wildman–Crippen MR) is 92.8 cm³/mol. The minimum atomic E-state index is -0.132. The van der Waals surface area contributed by atoms with Crippen molar-refractivity contribution >= 4 is 5.97 Å². The third kappa shape index (κ3) is 4.44. The number of aryl methyl sites for hydroxylation is 4. The van der Waals surface area contributed by atoms with Gasteiger partial charge in [0.2, 0.25) is 0 Å². The van der Waals surface area contributed by atoms with Crippen molar-refractivity contribution in [2.24, 2.45) is 0 Å². The average molecular weight is 308 g/mol. The Labute approximate surface area is 138 Å². The number of carbonyl (C=O) groups excluding carboxylic acids is 1. The van der Waals surface area contributed by atoms with E-state index >= 15 is 0 Å². The lowest BCUT2D eigenvalue weighted by Crippen LogP contribution is -2.09. The maximum Gasteiger partial charge on any atom is 0.311 e. The monoisotopic (exact) mass is 308 g/mol. The Morgan fingerprint density at radius 2 is 1.74 bits per heavy atom. The molecular weight excluding hydrogens is 284 g/mol. The fraction of sp³-hybridized carbons (Fsp3) is 0.381. The quantitative estimate of drug-likeness (QED) is 0.585. The van der Waals surface area contributed by atoms with Gasteiger partial charge in [0.25, 0.3) is 0 Å². The van der Waals surface area contributed by atoms with Gasteiger partial charge in [0.1, 0.15) is 5.75 Å². The Morgan fingerprint density at radius 1 is 1.00 bits per heavy atom. The van der Waals surface area contributed by atoms with Crippen molar-refractivity contribution in [1.82, 2.24) is 0 Å². The van der Waals surface area contributed by atoms with Crippen molar-refractivity contribution in [3.63, 3.8) is 0 Å². The molecule has 0 bridgehead atoms. The summed E-state index contributed by atoms with van der Waals surface area (Å²) < 4.78 is 5.50. The summed E-state index contributed by atoms with van der Waals surface area (Å²) in [5.41, 5.74) is 5.30. The molecule has 2 nitrogen and oxygen atoms in total. The Morgan fingerprint density at radius 3 is 2.52 bits per heavy atom. The number of rotatable bonds is 5. The van der Waals surface area contributed by atoms with E-state index in [1.807, 2.05) is 12.1 Å². The summed E-state index contributed by atoms with van der Waals surface area (Å²) >= 11 is 0. The lowest BCUT2D eigenvalue weighted by molar-refractivity contribution is -0.134. The highest BCUT2D eigenvalue weighted by atomic mass is 16.5. The molecule has 2 aromatic rings. The molecular formula is C21H24O2. The third-order valence-electron chi connectivity index (χ3n) is 4.52. The van der Waals surface area contributed by atoms with Gasteiger partial charge in [-0.1, -0.05) is 35.9 Å². The van der Waals surface area contributed by atoms with Gasteiger partial charge in [-0.15, -0.1) is 0 Å². The van der Waals surface area contributed by atoms with Crippen LogP contribution in [0.3, 0.4) is 0 Å². The zero-order valence-electron chi connectivity index (χ0n) is 13.8. The topological polar surface area (TPSA) is 26.3 Å². The molecule has 0 spiro atoms. The first-order valence-corrected chi connectivity index (χ1v) is 8.59. The van der Waals surface area contributed by atoms with Crippen molar-refractivity contribution in [3.05, 3.63) is 64.7 Å². The molecule has 0 saturated heterocycles. The molecule has 0 N–H and O–H groups in total. The molecule has 3 rings (SSSR count). The van der Waals surface area contributed by atoms with Crippen LogP contribution in [0.5, 0.6) is 5.75 Å². The van der Waals surface area contributed by atoms with Crippen LogP contribution in [0.15, 0.2) is 42.5 Å². The van der Waals surface area contributed by atoms with E-state index in [-0.39, 0.29) is 5.97 Å². The van der Waals surface area contributed by atoms with Crippen molar-refractivity contribution in [2.45, 2.75) is 51.9 Å². The average Bonchev–Trinajstić information content (AvgIpc) is 2.56. The van der Waals surface area contributed by atoms with Gasteiger partial charge in [-0.05, 0) is 74.3 Å². The highest BCUT2D eigenvalue weighted by Crippen LogP contribution is 2.25. The molecule has 0 atom stereocenters. The number of benzene rings is 2. The Hall–Kier alpha value is -2.09. The normalized spacial score (nSPS) is 13.4. The zero-order chi connectivity index (χ0) is 16.1. The molecule has 2 heteroatoms. The Balaban J connectivity index is 1.48. The van der Waals surface area contributed by atoms with E-state index in [9.17, 15) is 4.79 Å². The molecule has 0 unspecified atom stereocenters. The second-order valence-electron chi connectivity index (χ2n) is 6.45. The van der Waals surface area contributed by atoms with E-state index in [0.717, 1.165) is 25.7 Å². The highest BCUT2D eigenvalue weighted by Gasteiger charge is 2.11. The summed E-state index contributed by atoms with van der Waals surface area (Å²) in [6.07, 6.45) is 6.97. The summed E-state index contributed by atoms with van der Waals surface area (Å²) in [5.74, 6) is 0.568. The second kappa shape index (κ2) is 7.45. The van der Waals surface area contributed by atoms with Crippen LogP contribution >= 0.6 is 0 Å². The number of carbonyl (C=O) groups is 1. The molecule has 0 amide bonds. The number of ether oxygens (including phenoxy) is 1. The van der Waals surface area contributed by atoms with E-state index in [2.05, 4.69) is 37.3 Å². The van der Waals surface area contributed by atoms with E-state index in [0.29, 0.717) is 12.2 Å². The second-order valence-corrected chi connectivity index (χ2v) is 6.45. The first-order chi connectivity index (χ1) is 11.2. The molecule has 0 aromatic heterocycles. The highest BCUT2D eigenvalue weighted by molar-refractivity contribution is 5.72. The number of hydrogen-bond donors (Lipinski definition) is 0. The van der Waals surface area contributed by atoms with Gasteiger partial charge in [0.15, 0.2) is 0 Å². The van der Waals surface area contributed by atoms with Crippen LogP contribution in [0, 0.1) is 6.92 Å². The van der Waals surface area contributed by atoms with E-state index in [1.165, 1.54) is 35.1 Å². The summed E-state index contributed by atoms with van der Waals surface area (Å²) in [7, 11) is 0. The predicted octanol–water partition coefficient (Wildman–Crippen LogP) is 4.80. The molecule has 1 aliphatic carbocycles. The summed E-state index contributed by atoms with van der Waals surface area (Å²) in [5, 5.41) is 0. The molecule has 2 aromatic carbocycles. The van der Waals surface area contributed by atoms with Crippen molar-refractivity contribution in [3.8, 4) is 5.75 Å². The smallest absolute Gasteiger partial charge is 0.311 e. The molecule has 0 aliphatic heterocycles. The van der Waals surface area contributed by atoms with Crippen LogP contribution in [-0.4, -0.2) is 5.97 Å². The fourth-order valence-corrected chi connectivity index (χ4v) is 3.15. The van der Waals surface area contributed by atoms with Gasteiger partial charge in [-0.2, -0.15) is 0 Å². The lowest BCUT2D eigenvalue weighted by Gasteiger charge is -2.16. The molecule has 0 radical (unpaired) electrons. The minimum absolute atomic E-state index is 0.132. The first-order valence-electron chi connectivity index (χ1n) is 8.59. The van der Waals surface area contributed by atoms with Crippen molar-refractivity contribution < 1.29 is 9.53 Å². The van der Waals surface area contributed by atoms with Crippen molar-refractivity contribution in [2.75, 3.05) is 0 Å². The van der Waals surface area contributed by atoms with Gasteiger partial charge in [0.05, 0.1) is 0 Å². The van der Waals surface area contributed by atoms with Gasteiger partial charge in [-0.25, -0.2) is 0 Å². The SMILES string of the molecule is Cc1ccc(CCCC(=O)Oc2ccc3c(c2)CCCC3)cc1. The van der Waals surface area contributed by atoms with Crippen LogP contribution < -0.4 is 4.74 Å². The van der Waals surface area contributed by atoms with Crippen LogP contribution in [-0.2, 0) is 24.1 Å². The van der Waals surface area contributed by atoms with Crippen LogP contribution in [0.2, 0.25) is 0 Å². The minimum Gasteiger partial charge on any atom is -0.427 e. The van der Waals surface area contributed by atoms with Crippen molar-refractivity contribution in [1.29, 1.82) is 0 Å². The van der Waals surface area contributed by atoms with Gasteiger partial charge in [-0.3, -0.25) is 4.79 Å². The number of esters is 1. The molecule has 0 heterocycles. The van der Waals surface area contributed by atoms with Gasteiger partial charge >= 0.3 is 5.97 Å². The summed E-state index contributed by atoms with van der Waals surface area (Å²) in [6.45, 7) is 2.08. The number of hydrogen-bond acceptors (Lipinski definition) is 2. The molecule has 1 aliphatic rings. The Kier molecular flexibility index (Phi) is 5.12. The molecule has 120 valence electrons. The molecule has 23 heavy (non-hydrogen) atoms. The maximum atomic E-state index is 12.0. The summed E-state index contributed by atoms with van der Waals surface area (Å²) in [6, 6.07) is 14.6. The van der Waals surface area contributed by atoms with Crippen LogP contribution in [0.25, 0.3) is 0 Å². The maximum absolute atomic E-state index is 12.0. The van der Waals surface area contributed by atoms with Gasteiger partial charge < -0.3 is 4.74 Å². The van der Waals surface area contributed by atoms with Crippen LogP contribution in [0.4, 0.5) is 0 Å². The summed E-state index contributed by atoms with van der Waals surface area (Å²) in [4.78, 5) is 12.0. The van der Waals surface area contributed by atoms with E-state index in [4.69, 9.17) is 4.74 Å². The van der Waals surface area contributed by atoms with Crippen LogP contribution in [0.1, 0.15) is 47.9 Å². The standard InChI is InChI=1S/C21H24O2/c1-16-9-11-17(12-10-16)5-4-8-21(22)23-20-14-13-18-6-2-3-7-19(18)15-20/h9-15H,2-8H2,1H3. The largest absolute Gasteiger partial charge is 0.427 e. The Bertz CT molecular complexity index is 671. The molecule has 0 fully saturated rings. The first kappa shape index (κ1) is 15.8. The third-order valence-corrected chi connectivity index (χ3v) is 4.52. The zero-order valence-corrected chi connectivity index (χ0v) is 13.8. The van der Waals surface area contributed by atoms with Gasteiger partial charge in [0, 0.05) is 6.42 Å². The van der Waals surface area contributed by atoms with E-state index in [1.54, 1.807) is 0 Å². The fourth-order valence-electron chi connectivity index (χ4n) is 3.15.